The maximum absolute atomic E-state index is 9.04. The minimum absolute atomic E-state index is 0.142. The highest BCUT2D eigenvalue weighted by atomic mass is 16.3. The molecule has 2 nitrogen and oxygen atoms in total. The standard InChI is InChI=1S/2C9H18O/c2*1-8(2)5-7(8)9(3,4)6-10/h2*7,10H,5-6H2,1-4H3. The molecule has 20 heavy (non-hydrogen) atoms. The zero-order chi connectivity index (χ0) is 16.0. The molecule has 0 aliphatic heterocycles. The van der Waals surface area contributed by atoms with Gasteiger partial charge in [0.05, 0.1) is 0 Å². The van der Waals surface area contributed by atoms with Crippen LogP contribution in [0, 0.1) is 33.5 Å². The van der Waals surface area contributed by atoms with E-state index in [0.717, 1.165) is 11.8 Å². The predicted octanol–water partition coefficient (Wildman–Crippen LogP) is 4.10. The van der Waals surface area contributed by atoms with Gasteiger partial charge in [0.1, 0.15) is 0 Å². The third-order valence-electron chi connectivity index (χ3n) is 5.73. The minimum Gasteiger partial charge on any atom is -0.396 e. The molecule has 0 aromatic heterocycles. The van der Waals surface area contributed by atoms with Crippen molar-refractivity contribution in [1.82, 2.24) is 0 Å². The molecule has 0 aromatic rings. The van der Waals surface area contributed by atoms with E-state index in [9.17, 15) is 0 Å². The molecule has 0 amide bonds. The molecular weight excluding hydrogens is 248 g/mol. The van der Waals surface area contributed by atoms with E-state index in [1.165, 1.54) is 12.8 Å². The molecule has 0 aromatic carbocycles. The lowest BCUT2D eigenvalue weighted by Crippen LogP contribution is -2.21. The summed E-state index contributed by atoms with van der Waals surface area (Å²) in [4.78, 5) is 0. The summed E-state index contributed by atoms with van der Waals surface area (Å²) in [6.45, 7) is 18.3. The van der Waals surface area contributed by atoms with Gasteiger partial charge in [0.2, 0.25) is 0 Å². The highest BCUT2D eigenvalue weighted by Crippen LogP contribution is 2.60. The second-order valence-electron chi connectivity index (χ2n) is 9.78. The zero-order valence-electron chi connectivity index (χ0n) is 14.9. The van der Waals surface area contributed by atoms with Gasteiger partial charge in [-0.2, -0.15) is 0 Å². The Bertz CT molecular complexity index is 305. The number of hydrogen-bond acceptors (Lipinski definition) is 2. The van der Waals surface area contributed by atoms with E-state index in [4.69, 9.17) is 10.2 Å². The van der Waals surface area contributed by atoms with Crippen molar-refractivity contribution < 1.29 is 10.2 Å². The lowest BCUT2D eigenvalue weighted by Gasteiger charge is -2.23. The van der Waals surface area contributed by atoms with E-state index in [1.807, 2.05) is 0 Å². The van der Waals surface area contributed by atoms with Gasteiger partial charge in [-0.05, 0) is 46.3 Å². The van der Waals surface area contributed by atoms with Crippen LogP contribution in [0.5, 0.6) is 0 Å². The smallest absolute Gasteiger partial charge is 0.0484 e. The molecule has 2 heteroatoms. The fraction of sp³-hybridized carbons (Fsp3) is 1.00. The molecule has 0 radical (unpaired) electrons. The van der Waals surface area contributed by atoms with Gasteiger partial charge in [0.25, 0.3) is 0 Å². The van der Waals surface area contributed by atoms with Crippen LogP contribution in [0.4, 0.5) is 0 Å². The summed E-state index contributed by atoms with van der Waals surface area (Å²) in [7, 11) is 0. The summed E-state index contributed by atoms with van der Waals surface area (Å²) in [5, 5.41) is 18.1. The molecule has 2 atom stereocenters. The molecule has 0 heterocycles. The van der Waals surface area contributed by atoms with Crippen molar-refractivity contribution in [3.8, 4) is 0 Å². The molecule has 0 saturated heterocycles. The fourth-order valence-electron chi connectivity index (χ4n) is 3.82. The molecule has 2 unspecified atom stereocenters. The van der Waals surface area contributed by atoms with Crippen LogP contribution < -0.4 is 0 Å². The molecule has 2 aliphatic rings. The van der Waals surface area contributed by atoms with E-state index in [-0.39, 0.29) is 10.8 Å². The highest BCUT2D eigenvalue weighted by molar-refractivity contribution is 5.03. The van der Waals surface area contributed by atoms with E-state index < -0.39 is 0 Å². The number of rotatable bonds is 4. The van der Waals surface area contributed by atoms with Crippen LogP contribution in [-0.4, -0.2) is 23.4 Å². The summed E-state index contributed by atoms with van der Waals surface area (Å²) >= 11 is 0. The Hall–Kier alpha value is -0.0800. The van der Waals surface area contributed by atoms with Crippen molar-refractivity contribution in [2.75, 3.05) is 13.2 Å². The summed E-state index contributed by atoms with van der Waals surface area (Å²) in [6, 6.07) is 0. The van der Waals surface area contributed by atoms with Crippen LogP contribution in [0.25, 0.3) is 0 Å². The molecule has 0 spiro atoms. The molecule has 0 bridgehead atoms. The van der Waals surface area contributed by atoms with E-state index in [1.54, 1.807) is 0 Å². The maximum atomic E-state index is 9.04. The van der Waals surface area contributed by atoms with E-state index in [2.05, 4.69) is 55.4 Å². The quantitative estimate of drug-likeness (QED) is 0.816. The monoisotopic (exact) mass is 284 g/mol. The van der Waals surface area contributed by atoms with Gasteiger partial charge in [-0.1, -0.05) is 55.4 Å². The van der Waals surface area contributed by atoms with Gasteiger partial charge in [-0.25, -0.2) is 0 Å². The van der Waals surface area contributed by atoms with Gasteiger partial charge in [0.15, 0.2) is 0 Å². The minimum atomic E-state index is 0.142. The zero-order valence-corrected chi connectivity index (χ0v) is 14.9. The number of hydrogen-bond donors (Lipinski definition) is 2. The van der Waals surface area contributed by atoms with Crippen molar-refractivity contribution in [2.45, 2.75) is 68.2 Å². The second kappa shape index (κ2) is 5.28. The largest absolute Gasteiger partial charge is 0.396 e. The molecule has 2 rings (SSSR count). The molecule has 2 saturated carbocycles. The lowest BCUT2D eigenvalue weighted by molar-refractivity contribution is 0.124. The van der Waals surface area contributed by atoms with Crippen LogP contribution in [0.2, 0.25) is 0 Å². The first-order valence-electron chi connectivity index (χ1n) is 8.02. The number of aliphatic hydroxyl groups excluding tert-OH is 2. The summed E-state index contributed by atoms with van der Waals surface area (Å²) in [5.41, 5.74) is 1.27. The van der Waals surface area contributed by atoms with Gasteiger partial charge in [-0.3, -0.25) is 0 Å². The topological polar surface area (TPSA) is 40.5 Å². The molecular formula is C18H36O2. The average Bonchev–Trinajstić information content (AvgIpc) is 3.16. The predicted molar refractivity (Wildman–Crippen MR) is 85.5 cm³/mol. The Morgan fingerprint density at radius 3 is 1.00 bits per heavy atom. The highest BCUT2D eigenvalue weighted by Gasteiger charge is 2.54. The first kappa shape index (κ1) is 18.0. The summed E-state index contributed by atoms with van der Waals surface area (Å²) < 4.78 is 0. The van der Waals surface area contributed by atoms with Crippen molar-refractivity contribution in [1.29, 1.82) is 0 Å². The Labute approximate surface area is 126 Å². The summed E-state index contributed by atoms with van der Waals surface area (Å²) in [6.07, 6.45) is 2.56. The lowest BCUT2D eigenvalue weighted by atomic mass is 9.84. The Balaban J connectivity index is 0.000000200. The Morgan fingerprint density at radius 1 is 0.750 bits per heavy atom. The van der Waals surface area contributed by atoms with Crippen molar-refractivity contribution in [2.24, 2.45) is 33.5 Å². The third-order valence-corrected chi connectivity index (χ3v) is 5.73. The third kappa shape index (κ3) is 3.98. The first-order valence-corrected chi connectivity index (χ1v) is 8.02. The first-order chi connectivity index (χ1) is 8.80. The molecule has 120 valence electrons. The van der Waals surface area contributed by atoms with Crippen molar-refractivity contribution in [3.63, 3.8) is 0 Å². The van der Waals surface area contributed by atoms with Crippen LogP contribution in [0.3, 0.4) is 0 Å². The van der Waals surface area contributed by atoms with Crippen LogP contribution in [0.15, 0.2) is 0 Å². The molecule has 2 N–H and O–H groups in total. The normalized spacial score (nSPS) is 30.3. The van der Waals surface area contributed by atoms with Gasteiger partial charge in [0, 0.05) is 13.2 Å². The van der Waals surface area contributed by atoms with Gasteiger partial charge < -0.3 is 10.2 Å². The maximum Gasteiger partial charge on any atom is 0.0484 e. The van der Waals surface area contributed by atoms with E-state index in [0.29, 0.717) is 24.0 Å². The summed E-state index contributed by atoms with van der Waals surface area (Å²) in [5.74, 6) is 1.45. The van der Waals surface area contributed by atoms with Gasteiger partial charge >= 0.3 is 0 Å². The van der Waals surface area contributed by atoms with Crippen molar-refractivity contribution in [3.05, 3.63) is 0 Å². The molecule has 2 aliphatic carbocycles. The molecule has 2 fully saturated rings. The van der Waals surface area contributed by atoms with Crippen molar-refractivity contribution >= 4 is 0 Å². The SMILES string of the molecule is CC(C)(CO)C1CC1(C)C.CC(C)(CO)C1CC1(C)C. The van der Waals surface area contributed by atoms with Crippen LogP contribution >= 0.6 is 0 Å². The van der Waals surface area contributed by atoms with Gasteiger partial charge in [-0.15, -0.1) is 0 Å². The average molecular weight is 284 g/mol. The van der Waals surface area contributed by atoms with Crippen LogP contribution in [-0.2, 0) is 0 Å². The second-order valence-corrected chi connectivity index (χ2v) is 9.78. The fourth-order valence-corrected chi connectivity index (χ4v) is 3.82. The number of aliphatic hydroxyl groups is 2. The Morgan fingerprint density at radius 2 is 0.950 bits per heavy atom. The van der Waals surface area contributed by atoms with Crippen LogP contribution in [0.1, 0.15) is 68.2 Å². The van der Waals surface area contributed by atoms with E-state index >= 15 is 0 Å². The Kier molecular flexibility index (Phi) is 4.74.